The number of aromatic amines is 1. The summed E-state index contributed by atoms with van der Waals surface area (Å²) >= 11 is 0. The Hall–Kier alpha value is -3.19. The van der Waals surface area contributed by atoms with Gasteiger partial charge in [0.05, 0.1) is 17.2 Å². The van der Waals surface area contributed by atoms with Crippen molar-refractivity contribution in [1.29, 1.82) is 5.26 Å². The van der Waals surface area contributed by atoms with Gasteiger partial charge < -0.3 is 4.98 Å². The van der Waals surface area contributed by atoms with Crippen LogP contribution in [0.25, 0.3) is 17.0 Å². The molecule has 3 aromatic rings. The van der Waals surface area contributed by atoms with E-state index >= 15 is 0 Å². The molecule has 0 amide bonds. The summed E-state index contributed by atoms with van der Waals surface area (Å²) < 4.78 is 13.6. The molecule has 1 N–H and O–H groups in total. The fraction of sp³-hybridized carbons (Fsp3) is 0.100. The average molecular weight is 316 g/mol. The third-order valence-corrected chi connectivity index (χ3v) is 4.38. The molecule has 4 heteroatoms. The second-order valence-electron chi connectivity index (χ2n) is 5.90. The topological polar surface area (TPSA) is 56.6 Å². The molecule has 0 fully saturated rings. The van der Waals surface area contributed by atoms with Crippen molar-refractivity contribution in [3.63, 3.8) is 0 Å². The highest BCUT2D eigenvalue weighted by atomic mass is 19.1. The Bertz CT molecular complexity index is 1040. The number of hydrogen-bond donors (Lipinski definition) is 1. The number of ketones is 1. The van der Waals surface area contributed by atoms with Crippen LogP contribution in [-0.4, -0.2) is 10.8 Å². The number of nitriles is 1. The first-order chi connectivity index (χ1) is 11.7. The molecule has 0 unspecified atom stereocenters. The lowest BCUT2D eigenvalue weighted by atomic mass is 9.88. The molecule has 0 atom stereocenters. The minimum Gasteiger partial charge on any atom is -0.358 e. The van der Waals surface area contributed by atoms with Crippen LogP contribution in [0.3, 0.4) is 0 Å². The molecule has 1 heterocycles. The van der Waals surface area contributed by atoms with Crippen LogP contribution in [-0.2, 0) is 6.42 Å². The summed E-state index contributed by atoms with van der Waals surface area (Å²) in [6.07, 6.45) is 3.21. The Morgan fingerprint density at radius 2 is 1.92 bits per heavy atom. The third-order valence-electron chi connectivity index (χ3n) is 4.38. The van der Waals surface area contributed by atoms with Gasteiger partial charge in [-0.3, -0.25) is 4.79 Å². The normalized spacial score (nSPS) is 15.5. The van der Waals surface area contributed by atoms with E-state index in [1.165, 1.54) is 12.1 Å². The standard InChI is InChI=1S/C20H13FN2O/c21-15-6-8-17-16(10-15)19-18(23-17)7-5-14(20(19)24)9-12-1-3-13(11-22)4-2-12/h1-4,6,8-10,23H,5,7H2/b14-9+. The van der Waals surface area contributed by atoms with E-state index in [1.54, 1.807) is 18.2 Å². The Morgan fingerprint density at radius 3 is 2.67 bits per heavy atom. The Labute approximate surface area is 138 Å². The maximum Gasteiger partial charge on any atom is 0.191 e. The fourth-order valence-electron chi connectivity index (χ4n) is 3.19. The lowest BCUT2D eigenvalue weighted by molar-refractivity contribution is 0.102. The molecule has 0 radical (unpaired) electrons. The predicted octanol–water partition coefficient (Wildman–Crippen LogP) is 4.39. The number of benzene rings is 2. The van der Waals surface area contributed by atoms with Gasteiger partial charge in [0, 0.05) is 22.2 Å². The minimum absolute atomic E-state index is 0.0579. The number of allylic oxidation sites excluding steroid dienone is 1. The van der Waals surface area contributed by atoms with Gasteiger partial charge in [-0.1, -0.05) is 12.1 Å². The number of nitrogens with zero attached hydrogens (tertiary/aromatic N) is 1. The molecule has 24 heavy (non-hydrogen) atoms. The summed E-state index contributed by atoms with van der Waals surface area (Å²) in [5.74, 6) is -0.405. The number of carbonyl (C=O) groups excluding carboxylic acids is 1. The van der Waals surface area contributed by atoms with Gasteiger partial charge in [-0.05, 0) is 54.8 Å². The Morgan fingerprint density at radius 1 is 1.12 bits per heavy atom. The summed E-state index contributed by atoms with van der Waals surface area (Å²) in [6, 6.07) is 13.6. The molecule has 1 aliphatic rings. The van der Waals surface area contributed by atoms with Gasteiger partial charge in [-0.2, -0.15) is 5.26 Å². The Balaban J connectivity index is 1.78. The van der Waals surface area contributed by atoms with E-state index in [9.17, 15) is 9.18 Å². The van der Waals surface area contributed by atoms with Gasteiger partial charge in [0.1, 0.15) is 5.82 Å². The van der Waals surface area contributed by atoms with Gasteiger partial charge >= 0.3 is 0 Å². The zero-order chi connectivity index (χ0) is 16.7. The SMILES string of the molecule is N#Cc1ccc(/C=C2\CCc3[nH]c4ccc(F)cc4c3C2=O)cc1. The van der Waals surface area contributed by atoms with Crippen molar-refractivity contribution in [3.8, 4) is 6.07 Å². The van der Waals surface area contributed by atoms with Gasteiger partial charge in [-0.15, -0.1) is 0 Å². The molecule has 0 aliphatic heterocycles. The second-order valence-corrected chi connectivity index (χ2v) is 5.90. The zero-order valence-electron chi connectivity index (χ0n) is 12.8. The quantitative estimate of drug-likeness (QED) is 0.677. The van der Waals surface area contributed by atoms with E-state index in [0.29, 0.717) is 28.5 Å². The number of rotatable bonds is 1. The molecule has 0 spiro atoms. The lowest BCUT2D eigenvalue weighted by Gasteiger charge is -2.14. The monoisotopic (exact) mass is 316 g/mol. The average Bonchev–Trinajstić information content (AvgIpc) is 2.96. The predicted molar refractivity (Wildman–Crippen MR) is 90.0 cm³/mol. The highest BCUT2D eigenvalue weighted by Gasteiger charge is 2.26. The van der Waals surface area contributed by atoms with Gasteiger partial charge in [0.15, 0.2) is 5.78 Å². The maximum atomic E-state index is 13.6. The number of fused-ring (bicyclic) bond motifs is 3. The molecule has 4 rings (SSSR count). The van der Waals surface area contributed by atoms with Crippen LogP contribution >= 0.6 is 0 Å². The van der Waals surface area contributed by atoms with Crippen LogP contribution in [0.4, 0.5) is 4.39 Å². The number of Topliss-reactive ketones (excluding diaryl/α,β-unsaturated/α-hetero) is 1. The highest BCUT2D eigenvalue weighted by Crippen LogP contribution is 2.32. The van der Waals surface area contributed by atoms with Gasteiger partial charge in [-0.25, -0.2) is 4.39 Å². The van der Waals surface area contributed by atoms with Crippen molar-refractivity contribution in [2.75, 3.05) is 0 Å². The molecular formula is C20H13FN2O. The van der Waals surface area contributed by atoms with E-state index in [1.807, 2.05) is 18.2 Å². The van der Waals surface area contributed by atoms with Crippen molar-refractivity contribution in [3.05, 3.63) is 76.2 Å². The summed E-state index contributed by atoms with van der Waals surface area (Å²) in [7, 11) is 0. The largest absolute Gasteiger partial charge is 0.358 e. The van der Waals surface area contributed by atoms with Crippen molar-refractivity contribution in [2.45, 2.75) is 12.8 Å². The third kappa shape index (κ3) is 2.31. The fourth-order valence-corrected chi connectivity index (χ4v) is 3.19. The maximum absolute atomic E-state index is 13.6. The van der Waals surface area contributed by atoms with E-state index in [4.69, 9.17) is 5.26 Å². The number of nitrogens with one attached hydrogen (secondary N) is 1. The number of H-pyrrole nitrogens is 1. The van der Waals surface area contributed by atoms with E-state index in [2.05, 4.69) is 11.1 Å². The number of aryl methyl sites for hydroxylation is 1. The van der Waals surface area contributed by atoms with E-state index in [0.717, 1.165) is 23.2 Å². The minimum atomic E-state index is -0.347. The van der Waals surface area contributed by atoms with Gasteiger partial charge in [0.25, 0.3) is 0 Å². The summed E-state index contributed by atoms with van der Waals surface area (Å²) in [6.45, 7) is 0. The molecule has 2 aromatic carbocycles. The molecule has 1 aromatic heterocycles. The molecular weight excluding hydrogens is 303 g/mol. The molecule has 3 nitrogen and oxygen atoms in total. The smallest absolute Gasteiger partial charge is 0.191 e. The molecule has 0 bridgehead atoms. The van der Waals surface area contributed by atoms with Crippen molar-refractivity contribution >= 4 is 22.8 Å². The summed E-state index contributed by atoms with van der Waals surface area (Å²) in [5, 5.41) is 9.49. The first-order valence-corrected chi connectivity index (χ1v) is 7.71. The van der Waals surface area contributed by atoms with E-state index in [-0.39, 0.29) is 11.6 Å². The number of halogens is 1. The lowest BCUT2D eigenvalue weighted by Crippen LogP contribution is -2.13. The van der Waals surface area contributed by atoms with Crippen LogP contribution < -0.4 is 0 Å². The summed E-state index contributed by atoms with van der Waals surface area (Å²) in [5.41, 5.74) is 4.41. The van der Waals surface area contributed by atoms with Crippen LogP contribution in [0.1, 0.15) is 33.6 Å². The van der Waals surface area contributed by atoms with Gasteiger partial charge in [0.2, 0.25) is 0 Å². The first-order valence-electron chi connectivity index (χ1n) is 7.71. The van der Waals surface area contributed by atoms with Crippen molar-refractivity contribution in [1.82, 2.24) is 4.98 Å². The van der Waals surface area contributed by atoms with Crippen LogP contribution in [0.2, 0.25) is 0 Å². The Kier molecular flexibility index (Phi) is 3.28. The van der Waals surface area contributed by atoms with Crippen LogP contribution in [0, 0.1) is 17.1 Å². The van der Waals surface area contributed by atoms with Crippen molar-refractivity contribution < 1.29 is 9.18 Å². The number of hydrogen-bond acceptors (Lipinski definition) is 2. The second kappa shape index (κ2) is 5.47. The first kappa shape index (κ1) is 14.4. The van der Waals surface area contributed by atoms with Crippen LogP contribution in [0.15, 0.2) is 48.0 Å². The number of aromatic nitrogens is 1. The number of carbonyl (C=O) groups is 1. The summed E-state index contributed by atoms with van der Waals surface area (Å²) in [4.78, 5) is 16.1. The van der Waals surface area contributed by atoms with Crippen LogP contribution in [0.5, 0.6) is 0 Å². The molecule has 0 saturated heterocycles. The highest BCUT2D eigenvalue weighted by molar-refractivity contribution is 6.19. The van der Waals surface area contributed by atoms with E-state index < -0.39 is 0 Å². The molecule has 0 saturated carbocycles. The zero-order valence-corrected chi connectivity index (χ0v) is 12.8. The molecule has 116 valence electrons. The van der Waals surface area contributed by atoms with Crippen molar-refractivity contribution in [2.24, 2.45) is 0 Å². The molecule has 1 aliphatic carbocycles.